The first-order chi connectivity index (χ1) is 15.5. The molecule has 32 heavy (non-hydrogen) atoms. The van der Waals surface area contributed by atoms with Crippen molar-refractivity contribution >= 4 is 49.7 Å². The molecule has 5 rings (SSSR count). The number of halogens is 1. The molecule has 3 N–H and O–H groups in total. The molecule has 0 atom stereocenters. The Morgan fingerprint density at radius 1 is 1.09 bits per heavy atom. The second kappa shape index (κ2) is 7.97. The zero-order chi connectivity index (χ0) is 22.2. The summed E-state index contributed by atoms with van der Waals surface area (Å²) in [6, 6.07) is 12.4. The molecule has 2 aromatic carbocycles. The number of fused-ring (bicyclic) bond motifs is 2. The second-order valence-electron chi connectivity index (χ2n) is 7.42. The van der Waals surface area contributed by atoms with Crippen LogP contribution in [0.4, 0.5) is 15.9 Å². The van der Waals surface area contributed by atoms with Crippen molar-refractivity contribution in [3.8, 4) is 0 Å². The van der Waals surface area contributed by atoms with Gasteiger partial charge < -0.3 is 11.1 Å². The van der Waals surface area contributed by atoms with E-state index in [1.165, 1.54) is 23.7 Å². The molecule has 6 nitrogen and oxygen atoms in total. The highest BCUT2D eigenvalue weighted by Crippen LogP contribution is 2.32. The van der Waals surface area contributed by atoms with E-state index in [1.54, 1.807) is 29.8 Å². The predicted octanol–water partition coefficient (Wildman–Crippen LogP) is 5.11. The molecule has 0 unspecified atom stereocenters. The lowest BCUT2D eigenvalue weighted by atomic mass is 10.00. The Morgan fingerprint density at radius 3 is 2.78 bits per heavy atom. The van der Waals surface area contributed by atoms with E-state index in [0.29, 0.717) is 39.3 Å². The van der Waals surface area contributed by atoms with Gasteiger partial charge in [0, 0.05) is 28.8 Å². The molecular weight excluding hydrogens is 425 g/mol. The smallest absolute Gasteiger partial charge is 0.258 e. The number of carbonyl (C=O) groups excluding carboxylic acids is 1. The lowest BCUT2D eigenvalue weighted by molar-refractivity contribution is 0.102. The summed E-state index contributed by atoms with van der Waals surface area (Å²) < 4.78 is 14.9. The number of aryl methyl sites for hydroxylation is 1. The Hall–Kier alpha value is -3.91. The van der Waals surface area contributed by atoms with Crippen LogP contribution in [0, 0.1) is 12.7 Å². The van der Waals surface area contributed by atoms with Crippen molar-refractivity contribution in [1.29, 1.82) is 0 Å². The van der Waals surface area contributed by atoms with Gasteiger partial charge in [0.15, 0.2) is 0 Å². The molecule has 0 saturated carbocycles. The summed E-state index contributed by atoms with van der Waals surface area (Å²) in [5.41, 5.74) is 9.78. The van der Waals surface area contributed by atoms with E-state index < -0.39 is 0 Å². The monoisotopic (exact) mass is 443 g/mol. The molecule has 0 aliphatic carbocycles. The first-order valence-corrected chi connectivity index (χ1v) is 10.8. The Balaban J connectivity index is 1.55. The van der Waals surface area contributed by atoms with Gasteiger partial charge in [0.25, 0.3) is 5.91 Å². The van der Waals surface area contributed by atoms with Crippen LogP contribution >= 0.6 is 11.3 Å². The Morgan fingerprint density at radius 2 is 1.94 bits per heavy atom. The Bertz CT molecular complexity index is 1500. The van der Waals surface area contributed by atoms with E-state index in [1.807, 2.05) is 25.1 Å². The van der Waals surface area contributed by atoms with Gasteiger partial charge in [-0.25, -0.2) is 14.4 Å². The van der Waals surface area contributed by atoms with Gasteiger partial charge in [-0.3, -0.25) is 9.78 Å². The molecule has 158 valence electrons. The summed E-state index contributed by atoms with van der Waals surface area (Å²) >= 11 is 1.34. The number of carbonyl (C=O) groups is 1. The molecule has 5 aromatic rings. The zero-order valence-corrected chi connectivity index (χ0v) is 17.9. The maximum Gasteiger partial charge on any atom is 0.258 e. The molecule has 0 aliphatic rings. The van der Waals surface area contributed by atoms with Crippen LogP contribution in [0.5, 0.6) is 0 Å². The number of pyridine rings is 1. The van der Waals surface area contributed by atoms with Gasteiger partial charge in [-0.1, -0.05) is 30.3 Å². The minimum Gasteiger partial charge on any atom is -0.382 e. The van der Waals surface area contributed by atoms with Crippen LogP contribution in [0.3, 0.4) is 0 Å². The summed E-state index contributed by atoms with van der Waals surface area (Å²) in [5.74, 6) is -0.195. The van der Waals surface area contributed by atoms with Crippen LogP contribution in [-0.4, -0.2) is 20.9 Å². The highest BCUT2D eigenvalue weighted by molar-refractivity contribution is 7.18. The van der Waals surface area contributed by atoms with Crippen LogP contribution in [0.15, 0.2) is 60.4 Å². The minimum absolute atomic E-state index is 0.266. The number of anilines is 2. The number of nitrogens with two attached hydrogens (primary N) is 1. The van der Waals surface area contributed by atoms with Gasteiger partial charge >= 0.3 is 0 Å². The van der Waals surface area contributed by atoms with Crippen molar-refractivity contribution in [2.75, 3.05) is 11.1 Å². The summed E-state index contributed by atoms with van der Waals surface area (Å²) in [6.07, 6.45) is 3.39. The molecule has 8 heteroatoms. The number of thiophene rings is 1. The number of amides is 1. The van der Waals surface area contributed by atoms with Crippen LogP contribution < -0.4 is 11.1 Å². The topological polar surface area (TPSA) is 93.8 Å². The first kappa shape index (κ1) is 20.0. The molecule has 0 saturated heterocycles. The summed E-state index contributed by atoms with van der Waals surface area (Å²) in [7, 11) is 0. The maximum absolute atomic E-state index is 14.2. The minimum atomic E-state index is -0.280. The van der Waals surface area contributed by atoms with Crippen molar-refractivity contribution in [3.63, 3.8) is 0 Å². The third-order valence-corrected chi connectivity index (χ3v) is 6.41. The third-order valence-electron chi connectivity index (χ3n) is 5.42. The van der Waals surface area contributed by atoms with Crippen molar-refractivity contribution in [2.45, 2.75) is 13.3 Å². The Kier molecular flexibility index (Phi) is 4.99. The average molecular weight is 444 g/mol. The van der Waals surface area contributed by atoms with Gasteiger partial charge in [0.1, 0.15) is 18.0 Å². The van der Waals surface area contributed by atoms with Gasteiger partial charge in [0.2, 0.25) is 0 Å². The van der Waals surface area contributed by atoms with E-state index in [2.05, 4.69) is 20.3 Å². The summed E-state index contributed by atoms with van der Waals surface area (Å²) in [5, 5.41) is 6.47. The van der Waals surface area contributed by atoms with Crippen molar-refractivity contribution in [1.82, 2.24) is 15.0 Å². The van der Waals surface area contributed by atoms with E-state index in [4.69, 9.17) is 5.73 Å². The summed E-state index contributed by atoms with van der Waals surface area (Å²) in [6.45, 7) is 1.93. The number of aromatic nitrogens is 3. The Labute approximate surface area is 187 Å². The molecular formula is C24H18FN5OS. The van der Waals surface area contributed by atoms with E-state index >= 15 is 0 Å². The fraction of sp³-hybridized carbons (Fsp3) is 0.0833. The zero-order valence-electron chi connectivity index (χ0n) is 17.1. The van der Waals surface area contributed by atoms with E-state index in [9.17, 15) is 9.18 Å². The molecule has 0 bridgehead atoms. The van der Waals surface area contributed by atoms with Crippen molar-refractivity contribution in [2.24, 2.45) is 0 Å². The SMILES string of the molecule is Cc1ccc2c(Cc3ccccc3F)nccc2c1NC(=O)c1csc2c(N)ncnc12. The number of benzene rings is 2. The molecule has 0 aliphatic heterocycles. The van der Waals surface area contributed by atoms with Gasteiger partial charge in [-0.2, -0.15) is 0 Å². The van der Waals surface area contributed by atoms with E-state index in [-0.39, 0.29) is 11.7 Å². The van der Waals surface area contributed by atoms with Crippen LogP contribution in [0.1, 0.15) is 27.2 Å². The molecule has 3 heterocycles. The van der Waals surface area contributed by atoms with Gasteiger partial charge in [-0.15, -0.1) is 11.3 Å². The highest BCUT2D eigenvalue weighted by Gasteiger charge is 2.18. The molecule has 0 spiro atoms. The lowest BCUT2D eigenvalue weighted by Gasteiger charge is -2.14. The highest BCUT2D eigenvalue weighted by atomic mass is 32.1. The quantitative estimate of drug-likeness (QED) is 0.402. The number of hydrogen-bond acceptors (Lipinski definition) is 6. The number of nitrogens with zero attached hydrogens (tertiary/aromatic N) is 3. The largest absolute Gasteiger partial charge is 0.382 e. The standard InChI is InChI=1S/C24H18FN5OS/c1-13-6-7-15-16(8-9-27-19(15)10-14-4-2-3-5-18(14)25)20(13)30-24(31)17-11-32-22-21(17)28-12-29-23(22)26/h2-9,11-12H,10H2,1H3,(H,30,31)(H2,26,28,29). The van der Waals surface area contributed by atoms with Crippen LogP contribution in [-0.2, 0) is 6.42 Å². The first-order valence-electron chi connectivity index (χ1n) is 9.92. The molecule has 3 aromatic heterocycles. The lowest BCUT2D eigenvalue weighted by Crippen LogP contribution is -2.13. The number of nitrogen functional groups attached to an aromatic ring is 1. The summed E-state index contributed by atoms with van der Waals surface area (Å²) in [4.78, 5) is 25.8. The van der Waals surface area contributed by atoms with Crippen molar-refractivity contribution in [3.05, 3.63) is 88.6 Å². The fourth-order valence-electron chi connectivity index (χ4n) is 3.76. The predicted molar refractivity (Wildman–Crippen MR) is 125 cm³/mol. The van der Waals surface area contributed by atoms with Crippen LogP contribution in [0.25, 0.3) is 21.0 Å². The maximum atomic E-state index is 14.2. The van der Waals surface area contributed by atoms with E-state index in [0.717, 1.165) is 22.0 Å². The second-order valence-corrected chi connectivity index (χ2v) is 8.30. The van der Waals surface area contributed by atoms with Gasteiger partial charge in [-0.05, 0) is 30.2 Å². The van der Waals surface area contributed by atoms with Crippen LogP contribution in [0.2, 0.25) is 0 Å². The molecule has 1 amide bonds. The third kappa shape index (κ3) is 3.44. The number of nitrogens with one attached hydrogen (secondary N) is 1. The average Bonchev–Trinajstić information content (AvgIpc) is 3.23. The van der Waals surface area contributed by atoms with Crippen molar-refractivity contribution < 1.29 is 9.18 Å². The van der Waals surface area contributed by atoms with Gasteiger partial charge in [0.05, 0.1) is 27.2 Å². The molecule has 0 fully saturated rings. The molecule has 0 radical (unpaired) electrons. The number of hydrogen-bond donors (Lipinski definition) is 2. The fourth-order valence-corrected chi connectivity index (χ4v) is 4.67. The number of rotatable bonds is 4. The normalized spacial score (nSPS) is 11.2.